The van der Waals surface area contributed by atoms with Crippen LogP contribution in [0.4, 0.5) is 11.4 Å². The van der Waals surface area contributed by atoms with Crippen LogP contribution in [0.25, 0.3) is 5.69 Å². The van der Waals surface area contributed by atoms with Crippen LogP contribution in [0, 0.1) is 6.92 Å². The van der Waals surface area contributed by atoms with Gasteiger partial charge in [0.15, 0.2) is 0 Å². The van der Waals surface area contributed by atoms with E-state index in [1.165, 1.54) is 4.57 Å². The lowest BCUT2D eigenvalue weighted by molar-refractivity contribution is -0.138. The summed E-state index contributed by atoms with van der Waals surface area (Å²) in [4.78, 5) is 44.5. The lowest BCUT2D eigenvalue weighted by Gasteiger charge is -2.30. The van der Waals surface area contributed by atoms with E-state index in [1.807, 2.05) is 13.0 Å². The number of hydrogen-bond acceptors (Lipinski definition) is 7. The highest BCUT2D eigenvalue weighted by Crippen LogP contribution is 2.27. The second-order valence-electron chi connectivity index (χ2n) is 8.41. The molecule has 0 aliphatic carbocycles. The number of nitrogens with zero attached hydrogens (tertiary/aromatic N) is 3. The largest absolute Gasteiger partial charge is 0.497 e. The Morgan fingerprint density at radius 3 is 2.32 bits per heavy atom. The molecule has 1 amide bonds. The topological polar surface area (TPSA) is 116 Å². The summed E-state index contributed by atoms with van der Waals surface area (Å²) in [7, 11) is 1.56. The number of anilines is 1. The van der Waals surface area contributed by atoms with Crippen LogP contribution in [0.3, 0.4) is 0 Å². The molecule has 2 aromatic carbocycles. The Labute approximate surface area is 214 Å². The third-order valence-electron chi connectivity index (χ3n) is 5.97. The highest BCUT2D eigenvalue weighted by Gasteiger charge is 2.33. The molecule has 1 aliphatic rings. The molecule has 190 valence electrons. The minimum absolute atomic E-state index is 0.0702. The molecule has 37 heavy (non-hydrogen) atoms. The molecule has 0 bridgehead atoms. The van der Waals surface area contributed by atoms with Crippen molar-refractivity contribution in [2.45, 2.75) is 20.3 Å². The molecule has 3 aromatic rings. The highest BCUT2D eigenvalue weighted by atomic mass is 16.5. The zero-order chi connectivity index (χ0) is 26.5. The van der Waals surface area contributed by atoms with Gasteiger partial charge in [-0.1, -0.05) is 0 Å². The van der Waals surface area contributed by atoms with Gasteiger partial charge >= 0.3 is 5.97 Å². The molecule has 1 saturated heterocycles. The van der Waals surface area contributed by atoms with Gasteiger partial charge < -0.3 is 20.1 Å². The van der Waals surface area contributed by atoms with Crippen molar-refractivity contribution in [3.8, 4) is 11.4 Å². The van der Waals surface area contributed by atoms with Gasteiger partial charge in [0.2, 0.25) is 0 Å². The molecule has 0 saturated carbocycles. The summed E-state index contributed by atoms with van der Waals surface area (Å²) in [6.07, 6.45) is 2.03. The van der Waals surface area contributed by atoms with E-state index >= 15 is 0 Å². The van der Waals surface area contributed by atoms with Gasteiger partial charge in [-0.3, -0.25) is 14.2 Å². The zero-order valence-electron chi connectivity index (χ0n) is 20.9. The van der Waals surface area contributed by atoms with Crippen LogP contribution >= 0.6 is 0 Å². The normalized spacial score (nSPS) is 16.0. The van der Waals surface area contributed by atoms with Crippen molar-refractivity contribution in [2.24, 2.45) is 10.7 Å². The summed E-state index contributed by atoms with van der Waals surface area (Å²) in [6.45, 7) is 4.00. The molecule has 1 aliphatic heterocycles. The molecule has 9 heteroatoms. The van der Waals surface area contributed by atoms with Crippen molar-refractivity contribution in [3.63, 3.8) is 0 Å². The molecule has 0 atom stereocenters. The Balaban J connectivity index is 1.70. The quantitative estimate of drug-likeness (QED) is 0.409. The number of amides is 1. The number of esters is 1. The molecule has 1 aromatic heterocycles. The lowest BCUT2D eigenvalue weighted by atomic mass is 9.97. The summed E-state index contributed by atoms with van der Waals surface area (Å²) in [5, 5.41) is 0. The maximum Gasteiger partial charge on any atom is 0.354 e. The number of aryl methyl sites for hydroxylation is 1. The fourth-order valence-electron chi connectivity index (χ4n) is 4.03. The fraction of sp³-hybridized carbons (Fsp3) is 0.214. The lowest BCUT2D eigenvalue weighted by Crippen LogP contribution is -2.44. The smallest absolute Gasteiger partial charge is 0.354 e. The van der Waals surface area contributed by atoms with Gasteiger partial charge in [-0.2, -0.15) is 0 Å². The Morgan fingerprint density at radius 1 is 1.03 bits per heavy atom. The monoisotopic (exact) mass is 500 g/mol. The van der Waals surface area contributed by atoms with E-state index in [1.54, 1.807) is 79.7 Å². The van der Waals surface area contributed by atoms with E-state index in [9.17, 15) is 14.4 Å². The van der Waals surface area contributed by atoms with Crippen LogP contribution < -0.4 is 20.9 Å². The van der Waals surface area contributed by atoms with Crippen LogP contribution in [0.5, 0.6) is 5.75 Å². The second kappa shape index (κ2) is 10.9. The summed E-state index contributed by atoms with van der Waals surface area (Å²) in [5.74, 6) is -0.436. The molecule has 1 fully saturated rings. The van der Waals surface area contributed by atoms with E-state index in [0.717, 1.165) is 5.56 Å². The summed E-state index contributed by atoms with van der Waals surface area (Å²) in [6, 6.07) is 17.4. The number of hydrogen-bond donors (Lipinski definition) is 1. The van der Waals surface area contributed by atoms with Gasteiger partial charge in [0.1, 0.15) is 17.2 Å². The van der Waals surface area contributed by atoms with Crippen molar-refractivity contribution in [1.29, 1.82) is 0 Å². The number of benzene rings is 2. The number of pyridine rings is 1. The standard InChI is InChI=1S/C28H28N4O5/c1-4-37-28(35)25(29)23-14-16-32(27(34)26(23)30-19-5-11-22(36-3)12-6-19)21-9-7-20(8-10-21)31-15-13-18(2)17-24(31)33/h5-13,15,17H,4,14,16,29H2,1-3H3. The number of nitrogens with two attached hydrogens (primary N) is 1. The third-order valence-corrected chi connectivity index (χ3v) is 5.97. The van der Waals surface area contributed by atoms with Gasteiger partial charge in [-0.05, 0) is 80.4 Å². The first-order valence-corrected chi connectivity index (χ1v) is 11.8. The first-order chi connectivity index (χ1) is 17.8. The summed E-state index contributed by atoms with van der Waals surface area (Å²) < 4.78 is 11.8. The molecule has 0 radical (unpaired) electrons. The molecule has 0 spiro atoms. The average molecular weight is 501 g/mol. The Morgan fingerprint density at radius 2 is 1.70 bits per heavy atom. The van der Waals surface area contributed by atoms with Crippen LogP contribution in [0.2, 0.25) is 0 Å². The maximum absolute atomic E-state index is 13.7. The number of aliphatic imine (C=N–C) groups is 1. The minimum Gasteiger partial charge on any atom is -0.497 e. The summed E-state index contributed by atoms with van der Waals surface area (Å²) >= 11 is 0. The first kappa shape index (κ1) is 25.4. The van der Waals surface area contributed by atoms with Crippen LogP contribution in [-0.4, -0.2) is 42.4 Å². The van der Waals surface area contributed by atoms with Crippen molar-refractivity contribution in [3.05, 3.63) is 94.0 Å². The van der Waals surface area contributed by atoms with Gasteiger partial charge in [0.25, 0.3) is 11.5 Å². The van der Waals surface area contributed by atoms with Gasteiger partial charge in [0.05, 0.1) is 19.4 Å². The molecule has 9 nitrogen and oxygen atoms in total. The minimum atomic E-state index is -0.686. The first-order valence-electron chi connectivity index (χ1n) is 11.8. The molecule has 2 N–H and O–H groups in total. The molecular formula is C28H28N4O5. The molecule has 4 rings (SSSR count). The number of piperidine rings is 1. The van der Waals surface area contributed by atoms with Gasteiger partial charge in [-0.25, -0.2) is 9.79 Å². The molecular weight excluding hydrogens is 472 g/mol. The molecule has 0 unspecified atom stereocenters. The third kappa shape index (κ3) is 5.45. The molecule has 2 heterocycles. The number of carbonyl (C=O) groups excluding carboxylic acids is 2. The fourth-order valence-corrected chi connectivity index (χ4v) is 4.03. The van der Waals surface area contributed by atoms with Gasteiger partial charge in [-0.15, -0.1) is 0 Å². The van der Waals surface area contributed by atoms with Gasteiger partial charge in [0, 0.05) is 35.8 Å². The number of rotatable bonds is 6. The second-order valence-corrected chi connectivity index (χ2v) is 8.41. The SMILES string of the molecule is CCOC(=O)C(N)=C1CCN(c2ccc(-n3ccc(C)cc3=O)cc2)C(=O)C1=Nc1ccc(OC)cc1. The number of ether oxygens (including phenoxy) is 2. The zero-order valence-corrected chi connectivity index (χ0v) is 20.9. The van der Waals surface area contributed by atoms with E-state index < -0.39 is 11.9 Å². The Kier molecular flexibility index (Phi) is 7.52. The number of methoxy groups -OCH3 is 1. The van der Waals surface area contributed by atoms with Crippen molar-refractivity contribution >= 4 is 29.0 Å². The van der Waals surface area contributed by atoms with Crippen LogP contribution in [-0.2, 0) is 14.3 Å². The highest BCUT2D eigenvalue weighted by molar-refractivity contribution is 6.51. The maximum atomic E-state index is 13.7. The van der Waals surface area contributed by atoms with Crippen molar-refractivity contribution < 1.29 is 19.1 Å². The average Bonchev–Trinajstić information content (AvgIpc) is 2.90. The number of aromatic nitrogens is 1. The van der Waals surface area contributed by atoms with Crippen molar-refractivity contribution in [2.75, 3.05) is 25.2 Å². The van der Waals surface area contributed by atoms with Crippen LogP contribution in [0.1, 0.15) is 18.9 Å². The van der Waals surface area contributed by atoms with Crippen LogP contribution in [0.15, 0.2) is 87.9 Å². The Hall–Kier alpha value is -4.66. The van der Waals surface area contributed by atoms with Crippen molar-refractivity contribution in [1.82, 2.24) is 4.57 Å². The summed E-state index contributed by atoms with van der Waals surface area (Å²) in [5.41, 5.74) is 8.97. The number of carbonyl (C=O) groups is 2. The van der Waals surface area contributed by atoms with E-state index in [-0.39, 0.29) is 23.6 Å². The predicted molar refractivity (Wildman–Crippen MR) is 142 cm³/mol. The predicted octanol–water partition coefficient (Wildman–Crippen LogP) is 3.44. The van der Waals surface area contributed by atoms with E-state index in [0.29, 0.717) is 41.4 Å². The van der Waals surface area contributed by atoms with E-state index in [2.05, 4.69) is 4.99 Å². The van der Waals surface area contributed by atoms with E-state index in [4.69, 9.17) is 15.2 Å². The Bertz CT molecular complexity index is 1440.